The zero-order valence-corrected chi connectivity index (χ0v) is 30.8. The number of ether oxygens (including phenoxy) is 4. The molecule has 0 spiro atoms. The molecule has 0 saturated carbocycles. The Balaban J connectivity index is 1.48. The number of nitrogens with zero attached hydrogens (tertiary/aromatic N) is 1. The van der Waals surface area contributed by atoms with E-state index in [-0.39, 0.29) is 16.7 Å². The van der Waals surface area contributed by atoms with Crippen LogP contribution in [0.25, 0.3) is 0 Å². The highest BCUT2D eigenvalue weighted by atomic mass is 16.5. The fourth-order valence-electron chi connectivity index (χ4n) is 5.67. The van der Waals surface area contributed by atoms with Gasteiger partial charge in [-0.1, -0.05) is 96.1 Å². The Kier molecular flexibility index (Phi) is 13.2. The fraction of sp³-hybridized carbons (Fsp3) is 0.419. The van der Waals surface area contributed by atoms with Crippen LogP contribution in [0, 0.1) is 0 Å². The second kappa shape index (κ2) is 17.3. The van der Waals surface area contributed by atoms with Gasteiger partial charge in [-0.25, -0.2) is 0 Å². The standard InChI is InChI=1S/C43H55NO5/c1-9-42(3,4)35-22-24-38(37(29-35)43(5,6)10-2)48-26-15-14-25-44(41(45)34-19-16-20-36(28-34)46-7)30-33-21-23-39(47-8)40(27-33)49-31-32-17-12-11-13-18-32/h11-13,16-24,27-29H,9-10,14-15,25-26,30-31H2,1-8H3. The van der Waals surface area contributed by atoms with Crippen molar-refractivity contribution in [1.82, 2.24) is 4.90 Å². The number of carbonyl (C=O) groups is 1. The zero-order valence-electron chi connectivity index (χ0n) is 30.8. The maximum absolute atomic E-state index is 13.9. The quantitative estimate of drug-likeness (QED) is 0.0991. The lowest BCUT2D eigenvalue weighted by Gasteiger charge is -2.30. The molecule has 0 aliphatic carbocycles. The number of methoxy groups -OCH3 is 2. The van der Waals surface area contributed by atoms with Crippen molar-refractivity contribution in [2.75, 3.05) is 27.4 Å². The molecule has 0 N–H and O–H groups in total. The lowest BCUT2D eigenvalue weighted by molar-refractivity contribution is 0.0737. The number of benzene rings is 4. The first-order valence-corrected chi connectivity index (χ1v) is 17.6. The van der Waals surface area contributed by atoms with Gasteiger partial charge in [-0.3, -0.25) is 4.79 Å². The molecule has 4 aromatic carbocycles. The van der Waals surface area contributed by atoms with Crippen molar-refractivity contribution in [3.8, 4) is 23.0 Å². The summed E-state index contributed by atoms with van der Waals surface area (Å²) >= 11 is 0. The summed E-state index contributed by atoms with van der Waals surface area (Å²) in [6.07, 6.45) is 3.69. The van der Waals surface area contributed by atoms with E-state index >= 15 is 0 Å². The molecule has 262 valence electrons. The van der Waals surface area contributed by atoms with Gasteiger partial charge < -0.3 is 23.8 Å². The number of rotatable bonds is 18. The van der Waals surface area contributed by atoms with E-state index in [1.807, 2.05) is 71.6 Å². The van der Waals surface area contributed by atoms with Crippen LogP contribution in [-0.2, 0) is 24.0 Å². The van der Waals surface area contributed by atoms with E-state index in [0.29, 0.717) is 49.1 Å². The van der Waals surface area contributed by atoms with E-state index in [2.05, 4.69) is 59.7 Å². The predicted octanol–water partition coefficient (Wildman–Crippen LogP) is 10.2. The van der Waals surface area contributed by atoms with Crippen molar-refractivity contribution in [3.63, 3.8) is 0 Å². The van der Waals surface area contributed by atoms with Crippen molar-refractivity contribution >= 4 is 5.91 Å². The van der Waals surface area contributed by atoms with Crippen LogP contribution >= 0.6 is 0 Å². The predicted molar refractivity (Wildman–Crippen MR) is 199 cm³/mol. The van der Waals surface area contributed by atoms with Crippen molar-refractivity contribution < 1.29 is 23.7 Å². The van der Waals surface area contributed by atoms with E-state index in [9.17, 15) is 4.79 Å². The van der Waals surface area contributed by atoms with Gasteiger partial charge in [0.1, 0.15) is 18.1 Å². The molecule has 6 nitrogen and oxygen atoms in total. The summed E-state index contributed by atoms with van der Waals surface area (Å²) in [7, 11) is 3.25. The fourth-order valence-corrected chi connectivity index (χ4v) is 5.67. The molecule has 4 rings (SSSR count). The molecule has 0 bridgehead atoms. The lowest BCUT2D eigenvalue weighted by Crippen LogP contribution is -2.31. The van der Waals surface area contributed by atoms with Crippen molar-refractivity contribution in [1.29, 1.82) is 0 Å². The van der Waals surface area contributed by atoms with Gasteiger partial charge in [0, 0.05) is 24.2 Å². The zero-order chi connectivity index (χ0) is 35.4. The topological polar surface area (TPSA) is 57.2 Å². The van der Waals surface area contributed by atoms with Gasteiger partial charge >= 0.3 is 0 Å². The van der Waals surface area contributed by atoms with E-state index < -0.39 is 0 Å². The molecule has 1 amide bonds. The van der Waals surface area contributed by atoms with E-state index in [1.54, 1.807) is 20.3 Å². The van der Waals surface area contributed by atoms with Crippen molar-refractivity contribution in [2.45, 2.75) is 91.2 Å². The minimum atomic E-state index is -0.0523. The molecule has 6 heteroatoms. The first-order valence-electron chi connectivity index (χ1n) is 17.6. The summed E-state index contributed by atoms with van der Waals surface area (Å²) in [5.41, 5.74) is 5.32. The second-order valence-corrected chi connectivity index (χ2v) is 14.0. The van der Waals surface area contributed by atoms with Crippen LogP contribution in [0.1, 0.15) is 99.8 Å². The van der Waals surface area contributed by atoms with Crippen LogP contribution in [0.3, 0.4) is 0 Å². The SMILES string of the molecule is CCC(C)(C)c1ccc(OCCCCN(Cc2ccc(OC)c(OCc3ccccc3)c2)C(=O)c2cccc(OC)c2)c(C(C)(C)CC)c1. The first kappa shape index (κ1) is 37.4. The summed E-state index contributed by atoms with van der Waals surface area (Å²) in [5.74, 6) is 2.85. The molecule has 0 fully saturated rings. The molecule has 0 aliphatic heterocycles. The lowest BCUT2D eigenvalue weighted by atomic mass is 9.76. The van der Waals surface area contributed by atoms with Gasteiger partial charge in [0.15, 0.2) is 11.5 Å². The molecule has 4 aromatic rings. The molecule has 0 saturated heterocycles. The highest BCUT2D eigenvalue weighted by Gasteiger charge is 2.27. The van der Waals surface area contributed by atoms with Crippen LogP contribution in [0.2, 0.25) is 0 Å². The maximum Gasteiger partial charge on any atom is 0.254 e. The highest BCUT2D eigenvalue weighted by Crippen LogP contribution is 2.38. The smallest absolute Gasteiger partial charge is 0.254 e. The van der Waals surface area contributed by atoms with Crippen LogP contribution < -0.4 is 18.9 Å². The number of unbranched alkanes of at least 4 members (excludes halogenated alkanes) is 1. The number of amides is 1. The van der Waals surface area contributed by atoms with Crippen molar-refractivity contribution in [2.24, 2.45) is 0 Å². The van der Waals surface area contributed by atoms with Crippen LogP contribution in [0.4, 0.5) is 0 Å². The Morgan fingerprint density at radius 2 is 1.41 bits per heavy atom. The summed E-state index contributed by atoms with van der Waals surface area (Å²) in [5, 5.41) is 0. The van der Waals surface area contributed by atoms with Crippen LogP contribution in [0.5, 0.6) is 23.0 Å². The van der Waals surface area contributed by atoms with Gasteiger partial charge in [-0.15, -0.1) is 0 Å². The Labute approximate surface area is 294 Å². The van der Waals surface area contributed by atoms with Crippen LogP contribution in [-0.4, -0.2) is 38.2 Å². The van der Waals surface area contributed by atoms with E-state index in [4.69, 9.17) is 18.9 Å². The third kappa shape index (κ3) is 10.0. The molecular formula is C43H55NO5. The average Bonchev–Trinajstić information content (AvgIpc) is 3.13. The third-order valence-electron chi connectivity index (χ3n) is 9.78. The molecule has 0 atom stereocenters. The molecule has 0 heterocycles. The summed E-state index contributed by atoms with van der Waals surface area (Å²) < 4.78 is 23.7. The summed E-state index contributed by atoms with van der Waals surface area (Å²) in [6, 6.07) is 29.9. The van der Waals surface area contributed by atoms with Gasteiger partial charge in [0.05, 0.1) is 20.8 Å². The van der Waals surface area contributed by atoms with E-state index in [0.717, 1.165) is 42.6 Å². The average molecular weight is 666 g/mol. The molecule has 0 aromatic heterocycles. The Hall–Kier alpha value is -4.45. The third-order valence-corrected chi connectivity index (χ3v) is 9.78. The molecular weight excluding hydrogens is 610 g/mol. The molecule has 0 radical (unpaired) electrons. The number of hydrogen-bond acceptors (Lipinski definition) is 5. The Bertz CT molecular complexity index is 1650. The Morgan fingerprint density at radius 3 is 2.10 bits per heavy atom. The monoisotopic (exact) mass is 665 g/mol. The number of carbonyl (C=O) groups excluding carboxylic acids is 1. The first-order chi connectivity index (χ1) is 23.5. The molecule has 0 aliphatic rings. The summed E-state index contributed by atoms with van der Waals surface area (Å²) in [6.45, 7) is 15.6. The van der Waals surface area contributed by atoms with Gasteiger partial charge in [0.25, 0.3) is 5.91 Å². The maximum atomic E-state index is 13.9. The van der Waals surface area contributed by atoms with Gasteiger partial charge in [-0.2, -0.15) is 0 Å². The Morgan fingerprint density at radius 1 is 0.673 bits per heavy atom. The summed E-state index contributed by atoms with van der Waals surface area (Å²) in [4.78, 5) is 15.8. The minimum Gasteiger partial charge on any atom is -0.497 e. The second-order valence-electron chi connectivity index (χ2n) is 14.0. The highest BCUT2D eigenvalue weighted by molar-refractivity contribution is 5.94. The largest absolute Gasteiger partial charge is 0.497 e. The number of hydrogen-bond donors (Lipinski definition) is 0. The van der Waals surface area contributed by atoms with Gasteiger partial charge in [0.2, 0.25) is 0 Å². The minimum absolute atomic E-state index is 0.00283. The normalized spacial score (nSPS) is 11.6. The van der Waals surface area contributed by atoms with Crippen molar-refractivity contribution in [3.05, 3.63) is 119 Å². The molecule has 0 unspecified atom stereocenters. The van der Waals surface area contributed by atoms with E-state index in [1.165, 1.54) is 11.1 Å². The van der Waals surface area contributed by atoms with Gasteiger partial charge in [-0.05, 0) is 89.6 Å². The molecule has 49 heavy (non-hydrogen) atoms. The van der Waals surface area contributed by atoms with Crippen LogP contribution in [0.15, 0.2) is 91.0 Å².